The second kappa shape index (κ2) is 2.53. The van der Waals surface area contributed by atoms with E-state index in [9.17, 15) is 4.79 Å². The maximum atomic E-state index is 10.4. The van der Waals surface area contributed by atoms with Crippen molar-refractivity contribution in [3.8, 4) is 0 Å². The van der Waals surface area contributed by atoms with Crippen LogP contribution in [0.2, 0.25) is 0 Å². The van der Waals surface area contributed by atoms with Gasteiger partial charge < -0.3 is 9.47 Å². The zero-order valence-electron chi connectivity index (χ0n) is 5.22. The van der Waals surface area contributed by atoms with E-state index in [2.05, 4.69) is 0 Å². The van der Waals surface area contributed by atoms with Crippen LogP contribution in [0.5, 0.6) is 0 Å². The molecule has 1 rings (SSSR count). The van der Waals surface area contributed by atoms with Crippen molar-refractivity contribution in [2.45, 2.75) is 6.92 Å². The quantitative estimate of drug-likeness (QED) is 0.481. The third-order valence-corrected chi connectivity index (χ3v) is 0.893. The molecule has 0 amide bonds. The molecular weight excluding hydrogens is 120 g/mol. The predicted molar refractivity (Wildman–Crippen MR) is 30.7 cm³/mol. The molecule has 0 aromatic carbocycles. The fraction of sp³-hybridized carbons (Fsp3) is 0.500. The van der Waals surface area contributed by atoms with E-state index in [1.165, 1.54) is 13.0 Å². The van der Waals surface area contributed by atoms with Crippen LogP contribution < -0.4 is 0 Å². The van der Waals surface area contributed by atoms with E-state index in [1.54, 1.807) is 0 Å². The maximum Gasteiger partial charge on any atom is 0.282 e. The smallest absolute Gasteiger partial charge is 0.282 e. The van der Waals surface area contributed by atoms with E-state index in [1.807, 2.05) is 0 Å². The molecule has 0 saturated carbocycles. The van der Waals surface area contributed by atoms with Gasteiger partial charge in [-0.05, 0) is 6.92 Å². The molecule has 1 fully saturated rings. The molecule has 50 valence electrons. The third-order valence-electron chi connectivity index (χ3n) is 0.893. The van der Waals surface area contributed by atoms with Crippen LogP contribution in [0.3, 0.4) is 0 Å². The van der Waals surface area contributed by atoms with Crippen LogP contribution in [0.1, 0.15) is 6.92 Å². The number of carbonyl (C=O) groups is 1. The van der Waals surface area contributed by atoms with E-state index in [0.717, 1.165) is 0 Å². The molecule has 3 nitrogen and oxygen atoms in total. The van der Waals surface area contributed by atoms with Gasteiger partial charge in [0.25, 0.3) is 5.95 Å². The third kappa shape index (κ3) is 1.76. The van der Waals surface area contributed by atoms with Crippen LogP contribution in [-0.4, -0.2) is 19.0 Å². The van der Waals surface area contributed by atoms with Crippen LogP contribution in [-0.2, 0) is 14.3 Å². The minimum atomic E-state index is -0.0492. The Hall–Kier alpha value is -0.990. The van der Waals surface area contributed by atoms with Crippen molar-refractivity contribution in [2.24, 2.45) is 0 Å². The van der Waals surface area contributed by atoms with Crippen molar-refractivity contribution >= 4 is 5.78 Å². The first-order chi connectivity index (χ1) is 4.29. The summed E-state index contributed by atoms with van der Waals surface area (Å²) in [7, 11) is 0. The number of carbonyl (C=O) groups excluding carboxylic acids is 1. The molecule has 0 aromatic heterocycles. The van der Waals surface area contributed by atoms with E-state index in [0.29, 0.717) is 19.2 Å². The maximum absolute atomic E-state index is 10.4. The summed E-state index contributed by atoms with van der Waals surface area (Å²) >= 11 is 0. The number of hydrogen-bond acceptors (Lipinski definition) is 3. The highest BCUT2D eigenvalue weighted by atomic mass is 16.7. The van der Waals surface area contributed by atoms with Crippen molar-refractivity contribution in [3.05, 3.63) is 12.0 Å². The van der Waals surface area contributed by atoms with Crippen LogP contribution in [0.15, 0.2) is 12.0 Å². The standard InChI is InChI=1S/C6H8O3/c1-5(7)4-6-8-2-3-9-6/h4H,2-3H2,1H3. The highest BCUT2D eigenvalue weighted by molar-refractivity contribution is 5.87. The molecule has 1 aliphatic heterocycles. The Morgan fingerprint density at radius 3 is 2.56 bits per heavy atom. The summed E-state index contributed by atoms with van der Waals surface area (Å²) in [4.78, 5) is 10.4. The number of ketones is 1. The Balaban J connectivity index is 2.49. The second-order valence-corrected chi connectivity index (χ2v) is 1.77. The molecule has 1 saturated heterocycles. The summed E-state index contributed by atoms with van der Waals surface area (Å²) in [6.07, 6.45) is 1.34. The van der Waals surface area contributed by atoms with Crippen molar-refractivity contribution in [3.63, 3.8) is 0 Å². The first kappa shape index (κ1) is 6.13. The Kier molecular flexibility index (Phi) is 1.72. The lowest BCUT2D eigenvalue weighted by atomic mass is 10.4. The second-order valence-electron chi connectivity index (χ2n) is 1.77. The number of hydrogen-bond donors (Lipinski definition) is 0. The number of rotatable bonds is 1. The topological polar surface area (TPSA) is 35.5 Å². The molecule has 0 aliphatic carbocycles. The molecule has 3 heteroatoms. The van der Waals surface area contributed by atoms with Gasteiger partial charge in [-0.3, -0.25) is 4.79 Å². The average molecular weight is 128 g/mol. The highest BCUT2D eigenvalue weighted by Crippen LogP contribution is 2.06. The molecular formula is C6H8O3. The van der Waals surface area contributed by atoms with Gasteiger partial charge in [0, 0.05) is 0 Å². The largest absolute Gasteiger partial charge is 0.462 e. The monoisotopic (exact) mass is 128 g/mol. The molecule has 0 spiro atoms. The average Bonchev–Trinajstić information content (AvgIpc) is 2.15. The van der Waals surface area contributed by atoms with E-state index in [4.69, 9.17) is 9.47 Å². The fourth-order valence-electron chi connectivity index (χ4n) is 0.575. The Bertz CT molecular complexity index is 140. The molecule has 0 unspecified atom stereocenters. The minimum Gasteiger partial charge on any atom is -0.462 e. The number of allylic oxidation sites excluding steroid dienone is 1. The van der Waals surface area contributed by atoms with Gasteiger partial charge in [0.2, 0.25) is 0 Å². The van der Waals surface area contributed by atoms with Crippen LogP contribution in [0, 0.1) is 0 Å². The SMILES string of the molecule is CC(=O)C=C1OCCO1. The zero-order valence-corrected chi connectivity index (χ0v) is 5.22. The summed E-state index contributed by atoms with van der Waals surface area (Å²) in [6.45, 7) is 2.57. The summed E-state index contributed by atoms with van der Waals surface area (Å²) in [5, 5.41) is 0. The number of ether oxygens (including phenoxy) is 2. The highest BCUT2D eigenvalue weighted by Gasteiger charge is 2.07. The lowest BCUT2D eigenvalue weighted by Crippen LogP contribution is -1.87. The normalized spacial score (nSPS) is 16.3. The van der Waals surface area contributed by atoms with Crippen LogP contribution in [0.25, 0.3) is 0 Å². The first-order valence-corrected chi connectivity index (χ1v) is 2.77. The molecule has 1 heterocycles. The zero-order chi connectivity index (χ0) is 6.69. The summed E-state index contributed by atoms with van der Waals surface area (Å²) in [6, 6.07) is 0. The van der Waals surface area contributed by atoms with Crippen LogP contribution >= 0.6 is 0 Å². The van der Waals surface area contributed by atoms with Gasteiger partial charge in [0.05, 0.1) is 6.08 Å². The van der Waals surface area contributed by atoms with Crippen molar-refractivity contribution < 1.29 is 14.3 Å². The molecule has 0 aromatic rings. The lowest BCUT2D eigenvalue weighted by Gasteiger charge is -1.92. The summed E-state index contributed by atoms with van der Waals surface area (Å²) in [5.74, 6) is 0.300. The Labute approximate surface area is 53.3 Å². The van der Waals surface area contributed by atoms with Gasteiger partial charge >= 0.3 is 0 Å². The van der Waals surface area contributed by atoms with Gasteiger partial charge in [0.15, 0.2) is 5.78 Å². The van der Waals surface area contributed by atoms with Crippen molar-refractivity contribution in [2.75, 3.05) is 13.2 Å². The molecule has 9 heavy (non-hydrogen) atoms. The molecule has 0 bridgehead atoms. The van der Waals surface area contributed by atoms with Gasteiger partial charge in [-0.15, -0.1) is 0 Å². The first-order valence-electron chi connectivity index (χ1n) is 2.77. The minimum absolute atomic E-state index is 0.0492. The lowest BCUT2D eigenvalue weighted by molar-refractivity contribution is -0.113. The van der Waals surface area contributed by atoms with Crippen molar-refractivity contribution in [1.82, 2.24) is 0 Å². The molecule has 0 atom stereocenters. The van der Waals surface area contributed by atoms with Gasteiger partial charge in [-0.1, -0.05) is 0 Å². The predicted octanol–water partition coefficient (Wildman–Crippen LogP) is 0.464. The Morgan fingerprint density at radius 2 is 2.11 bits per heavy atom. The molecule has 0 radical (unpaired) electrons. The fourth-order valence-corrected chi connectivity index (χ4v) is 0.575. The summed E-state index contributed by atoms with van der Waals surface area (Å²) in [5.41, 5.74) is 0. The van der Waals surface area contributed by atoms with E-state index < -0.39 is 0 Å². The van der Waals surface area contributed by atoms with E-state index >= 15 is 0 Å². The summed E-state index contributed by atoms with van der Waals surface area (Å²) < 4.78 is 9.76. The van der Waals surface area contributed by atoms with Crippen LogP contribution in [0.4, 0.5) is 0 Å². The molecule has 0 N–H and O–H groups in total. The van der Waals surface area contributed by atoms with E-state index in [-0.39, 0.29) is 5.78 Å². The molecule has 1 aliphatic rings. The Morgan fingerprint density at radius 1 is 1.56 bits per heavy atom. The van der Waals surface area contributed by atoms with Gasteiger partial charge in [-0.25, -0.2) is 0 Å². The van der Waals surface area contributed by atoms with Gasteiger partial charge in [-0.2, -0.15) is 0 Å². The van der Waals surface area contributed by atoms with Crippen molar-refractivity contribution in [1.29, 1.82) is 0 Å². The van der Waals surface area contributed by atoms with Gasteiger partial charge in [0.1, 0.15) is 13.2 Å².